The normalized spacial score (nSPS) is 11.1. The molecule has 0 saturated carbocycles. The van der Waals surface area contributed by atoms with E-state index in [1.165, 1.54) is 0 Å². The number of carbonyl (C=O) groups is 2. The van der Waals surface area contributed by atoms with E-state index in [1.807, 2.05) is 12.1 Å². The van der Waals surface area contributed by atoms with Crippen LogP contribution in [0.15, 0.2) is 24.3 Å². The highest BCUT2D eigenvalue weighted by molar-refractivity contribution is 14.1. The van der Waals surface area contributed by atoms with E-state index in [0.717, 1.165) is 3.57 Å². The molecule has 1 aromatic carbocycles. The van der Waals surface area contributed by atoms with Gasteiger partial charge in [0.25, 0.3) is 5.91 Å². The summed E-state index contributed by atoms with van der Waals surface area (Å²) in [6.45, 7) is 3.64. The van der Waals surface area contributed by atoms with Gasteiger partial charge in [-0.3, -0.25) is 9.59 Å². The Hall–Kier alpha value is -1.11. The first kappa shape index (κ1) is 14.9. The number of hydrogen-bond acceptors (Lipinski definition) is 2. The Bertz CT molecular complexity index is 457. The molecule has 0 aliphatic carbocycles. The Kier molecular flexibility index (Phi) is 5.13. The minimum Gasteiger partial charge on any atom is -0.481 e. The fraction of sp³-hybridized carbons (Fsp3) is 0.385. The molecule has 0 heterocycles. The number of nitrogens with one attached hydrogen (secondary N) is 1. The predicted octanol–water partition coefficient (Wildman–Crippen LogP) is 2.52. The predicted molar refractivity (Wildman–Crippen MR) is 77.5 cm³/mol. The van der Waals surface area contributed by atoms with Crippen LogP contribution in [0.1, 0.15) is 30.6 Å². The third-order valence-electron chi connectivity index (χ3n) is 2.73. The molecule has 98 valence electrons. The van der Waals surface area contributed by atoms with Crippen LogP contribution in [-0.4, -0.2) is 23.5 Å². The quantitative estimate of drug-likeness (QED) is 0.793. The molecule has 1 rings (SSSR count). The second-order valence-corrected chi connectivity index (χ2v) is 5.84. The van der Waals surface area contributed by atoms with E-state index in [2.05, 4.69) is 27.9 Å². The molecule has 1 amide bonds. The maximum Gasteiger partial charge on any atom is 0.309 e. The zero-order chi connectivity index (χ0) is 13.8. The van der Waals surface area contributed by atoms with Gasteiger partial charge in [0.1, 0.15) is 0 Å². The van der Waals surface area contributed by atoms with E-state index in [1.54, 1.807) is 26.0 Å². The summed E-state index contributed by atoms with van der Waals surface area (Å²) in [6, 6.07) is 7.28. The summed E-state index contributed by atoms with van der Waals surface area (Å²) in [7, 11) is 0. The third-order valence-corrected chi connectivity index (χ3v) is 3.67. The fourth-order valence-corrected chi connectivity index (χ4v) is 1.97. The Morgan fingerprint density at radius 2 is 1.94 bits per heavy atom. The summed E-state index contributed by atoms with van der Waals surface area (Å²) in [5.41, 5.74) is -0.205. The highest BCUT2D eigenvalue weighted by Crippen LogP contribution is 2.19. The van der Waals surface area contributed by atoms with Gasteiger partial charge in [-0.25, -0.2) is 0 Å². The van der Waals surface area contributed by atoms with E-state index >= 15 is 0 Å². The number of benzene rings is 1. The van der Waals surface area contributed by atoms with Crippen molar-refractivity contribution < 1.29 is 14.7 Å². The summed E-state index contributed by atoms with van der Waals surface area (Å²) >= 11 is 2.10. The number of carboxylic acid groups (broad SMARTS) is 1. The molecule has 2 N–H and O–H groups in total. The summed E-state index contributed by atoms with van der Waals surface area (Å²) in [6.07, 6.45) is 0.400. The lowest BCUT2D eigenvalue weighted by atomic mass is 9.90. The van der Waals surface area contributed by atoms with Crippen LogP contribution in [0.5, 0.6) is 0 Å². The van der Waals surface area contributed by atoms with Crippen LogP contribution in [0.2, 0.25) is 0 Å². The van der Waals surface area contributed by atoms with Crippen LogP contribution >= 0.6 is 22.6 Å². The Morgan fingerprint density at radius 1 is 1.33 bits per heavy atom. The average Bonchev–Trinajstić information content (AvgIpc) is 2.29. The molecular formula is C13H16INO3. The molecule has 0 unspecified atom stereocenters. The molecule has 0 atom stereocenters. The van der Waals surface area contributed by atoms with Gasteiger partial charge < -0.3 is 10.4 Å². The van der Waals surface area contributed by atoms with E-state index in [9.17, 15) is 9.59 Å². The first-order valence-corrected chi connectivity index (χ1v) is 6.68. The third kappa shape index (κ3) is 3.97. The van der Waals surface area contributed by atoms with Crippen molar-refractivity contribution in [2.45, 2.75) is 20.3 Å². The number of amides is 1. The van der Waals surface area contributed by atoms with Crippen LogP contribution in [0.3, 0.4) is 0 Å². The monoisotopic (exact) mass is 361 g/mol. The molecule has 0 fully saturated rings. The van der Waals surface area contributed by atoms with Crippen LogP contribution in [-0.2, 0) is 4.79 Å². The van der Waals surface area contributed by atoms with Crippen molar-refractivity contribution >= 4 is 34.5 Å². The highest BCUT2D eigenvalue weighted by atomic mass is 127. The number of carbonyl (C=O) groups excluding carboxylic acids is 1. The van der Waals surface area contributed by atoms with Crippen LogP contribution < -0.4 is 5.32 Å². The summed E-state index contributed by atoms with van der Waals surface area (Å²) in [4.78, 5) is 22.8. The Balaban J connectivity index is 2.53. The zero-order valence-electron chi connectivity index (χ0n) is 10.4. The van der Waals surface area contributed by atoms with Gasteiger partial charge in [-0.15, -0.1) is 0 Å². The molecule has 0 aliphatic heterocycles. The fourth-order valence-electron chi connectivity index (χ4n) is 1.34. The molecule has 18 heavy (non-hydrogen) atoms. The van der Waals surface area contributed by atoms with Crippen molar-refractivity contribution in [3.63, 3.8) is 0 Å². The SMILES string of the molecule is CC(C)(CCNC(=O)c1ccccc1I)C(=O)O. The molecule has 0 aromatic heterocycles. The molecule has 0 bridgehead atoms. The first-order valence-electron chi connectivity index (χ1n) is 5.61. The summed E-state index contributed by atoms with van der Waals surface area (Å²) < 4.78 is 0.880. The zero-order valence-corrected chi connectivity index (χ0v) is 12.5. The van der Waals surface area contributed by atoms with E-state index in [0.29, 0.717) is 18.5 Å². The van der Waals surface area contributed by atoms with Gasteiger partial charge in [-0.05, 0) is 55.0 Å². The van der Waals surface area contributed by atoms with Gasteiger partial charge >= 0.3 is 5.97 Å². The van der Waals surface area contributed by atoms with E-state index < -0.39 is 11.4 Å². The minimum absolute atomic E-state index is 0.166. The minimum atomic E-state index is -0.856. The van der Waals surface area contributed by atoms with Gasteiger partial charge in [0, 0.05) is 10.1 Å². The lowest BCUT2D eigenvalue weighted by molar-refractivity contribution is -0.147. The van der Waals surface area contributed by atoms with Gasteiger partial charge in [0.15, 0.2) is 0 Å². The molecule has 1 aromatic rings. The van der Waals surface area contributed by atoms with Gasteiger partial charge in [-0.2, -0.15) is 0 Å². The van der Waals surface area contributed by atoms with Gasteiger partial charge in [0.05, 0.1) is 11.0 Å². The molecule has 0 radical (unpaired) electrons. The van der Waals surface area contributed by atoms with Crippen molar-refractivity contribution in [1.29, 1.82) is 0 Å². The lowest BCUT2D eigenvalue weighted by Crippen LogP contribution is -2.32. The summed E-state index contributed by atoms with van der Waals surface area (Å²) in [5, 5.41) is 11.7. The van der Waals surface area contributed by atoms with Crippen LogP contribution in [0, 0.1) is 8.99 Å². The number of carboxylic acids is 1. The van der Waals surface area contributed by atoms with E-state index in [-0.39, 0.29) is 5.91 Å². The maximum atomic E-state index is 11.9. The number of rotatable bonds is 5. The first-order chi connectivity index (χ1) is 8.34. The lowest BCUT2D eigenvalue weighted by Gasteiger charge is -2.19. The standard InChI is InChI=1S/C13H16INO3/c1-13(2,12(17)18)7-8-15-11(16)9-5-3-4-6-10(9)14/h3-6H,7-8H2,1-2H3,(H,15,16)(H,17,18). The summed E-state index contributed by atoms with van der Waals surface area (Å²) in [5.74, 6) is -1.02. The Labute approximate surface area is 120 Å². The number of hydrogen-bond donors (Lipinski definition) is 2. The van der Waals surface area contributed by atoms with Crippen molar-refractivity contribution in [3.8, 4) is 0 Å². The molecule has 0 spiro atoms. The number of aliphatic carboxylic acids is 1. The molecule has 0 saturated heterocycles. The molecule has 5 heteroatoms. The molecular weight excluding hydrogens is 345 g/mol. The van der Waals surface area contributed by atoms with Crippen molar-refractivity contribution in [2.75, 3.05) is 6.54 Å². The Morgan fingerprint density at radius 3 is 2.50 bits per heavy atom. The smallest absolute Gasteiger partial charge is 0.309 e. The van der Waals surface area contributed by atoms with Crippen molar-refractivity contribution in [2.24, 2.45) is 5.41 Å². The van der Waals surface area contributed by atoms with E-state index in [4.69, 9.17) is 5.11 Å². The van der Waals surface area contributed by atoms with Crippen LogP contribution in [0.25, 0.3) is 0 Å². The average molecular weight is 361 g/mol. The maximum absolute atomic E-state index is 11.9. The van der Waals surface area contributed by atoms with Crippen molar-refractivity contribution in [3.05, 3.63) is 33.4 Å². The van der Waals surface area contributed by atoms with Gasteiger partial charge in [-0.1, -0.05) is 12.1 Å². The van der Waals surface area contributed by atoms with Gasteiger partial charge in [0.2, 0.25) is 0 Å². The van der Waals surface area contributed by atoms with Crippen molar-refractivity contribution in [1.82, 2.24) is 5.32 Å². The number of halogens is 1. The highest BCUT2D eigenvalue weighted by Gasteiger charge is 2.26. The van der Waals surface area contributed by atoms with Crippen LogP contribution in [0.4, 0.5) is 0 Å². The second-order valence-electron chi connectivity index (χ2n) is 4.67. The largest absolute Gasteiger partial charge is 0.481 e. The molecule has 0 aliphatic rings. The topological polar surface area (TPSA) is 66.4 Å². The second kappa shape index (κ2) is 6.17. The molecule has 4 nitrogen and oxygen atoms in total.